The van der Waals surface area contributed by atoms with Crippen molar-refractivity contribution in [2.24, 2.45) is 17.3 Å². The number of hydrogen-bond donors (Lipinski definition) is 2. The number of halogens is 1. The van der Waals surface area contributed by atoms with Crippen molar-refractivity contribution in [3.05, 3.63) is 33.8 Å². The van der Waals surface area contributed by atoms with Crippen LogP contribution in [0.5, 0.6) is 5.75 Å². The van der Waals surface area contributed by atoms with E-state index >= 15 is 0 Å². The molecule has 6 nitrogen and oxygen atoms in total. The molecule has 2 fully saturated rings. The van der Waals surface area contributed by atoms with E-state index in [1.807, 2.05) is 32.9 Å². The quantitative estimate of drug-likeness (QED) is 0.480. The van der Waals surface area contributed by atoms with Crippen molar-refractivity contribution in [1.82, 2.24) is 9.97 Å². The van der Waals surface area contributed by atoms with Gasteiger partial charge in [0.25, 0.3) is 0 Å². The van der Waals surface area contributed by atoms with Gasteiger partial charge in [0, 0.05) is 27.2 Å². The van der Waals surface area contributed by atoms with Gasteiger partial charge in [-0.15, -0.1) is 11.3 Å². The second-order valence-electron chi connectivity index (χ2n) is 9.35. The Bertz CT molecular complexity index is 1230. The van der Waals surface area contributed by atoms with Gasteiger partial charge in [-0.1, -0.05) is 43.7 Å². The molecule has 0 saturated heterocycles. The van der Waals surface area contributed by atoms with Gasteiger partial charge in [-0.05, 0) is 30.0 Å². The topological polar surface area (TPSA) is 76.1 Å². The van der Waals surface area contributed by atoms with Crippen LogP contribution in [0.25, 0.3) is 10.6 Å². The molecule has 9 heteroatoms. The largest absolute Gasteiger partial charge is 0.495 e. The van der Waals surface area contributed by atoms with Gasteiger partial charge in [0.1, 0.15) is 5.75 Å². The number of carbonyl (C=O) groups excluding carboxylic acids is 1. The van der Waals surface area contributed by atoms with Crippen molar-refractivity contribution in [2.75, 3.05) is 17.7 Å². The van der Waals surface area contributed by atoms with Crippen molar-refractivity contribution >= 4 is 56.1 Å². The lowest BCUT2D eigenvalue weighted by Crippen LogP contribution is -2.27. The number of rotatable bonds is 4. The van der Waals surface area contributed by atoms with E-state index in [-0.39, 0.29) is 5.91 Å². The number of hydrogen-bond acceptors (Lipinski definition) is 7. The molecule has 1 amide bonds. The summed E-state index contributed by atoms with van der Waals surface area (Å²) in [6.07, 6.45) is 0. The van der Waals surface area contributed by atoms with Crippen LogP contribution in [0.1, 0.15) is 43.2 Å². The number of nitrogens with one attached hydrogen (secondary N) is 2. The average Bonchev–Trinajstić information content (AvgIpc) is 3.53. The zero-order valence-electron chi connectivity index (χ0n) is 17.4. The normalized spacial score (nSPS) is 24.4. The van der Waals surface area contributed by atoms with Crippen molar-refractivity contribution in [3.63, 3.8) is 0 Å². The predicted octanol–water partition coefficient (Wildman–Crippen LogP) is 6.10. The van der Waals surface area contributed by atoms with E-state index in [0.29, 0.717) is 33.8 Å². The maximum absolute atomic E-state index is 12.5. The highest BCUT2D eigenvalue weighted by atomic mass is 35.5. The Morgan fingerprint density at radius 2 is 1.90 bits per heavy atom. The predicted molar refractivity (Wildman–Crippen MR) is 125 cm³/mol. The number of nitrogens with zero attached hydrogens (tertiary/aromatic N) is 2. The summed E-state index contributed by atoms with van der Waals surface area (Å²) in [7, 11) is 1.64. The molecule has 3 aromatic rings. The van der Waals surface area contributed by atoms with Crippen molar-refractivity contribution in [3.8, 4) is 16.3 Å². The summed E-state index contributed by atoms with van der Waals surface area (Å²) in [5.74, 6) is 3.19. The lowest BCUT2D eigenvalue weighted by Gasteiger charge is -2.16. The molecule has 2 aromatic heterocycles. The maximum Gasteiger partial charge on any atom is 0.231 e. The number of ether oxygens (including phenoxy) is 1. The van der Waals surface area contributed by atoms with Gasteiger partial charge in [0.05, 0.1) is 29.1 Å². The zero-order valence-corrected chi connectivity index (χ0v) is 19.8. The van der Waals surface area contributed by atoms with E-state index in [4.69, 9.17) is 26.3 Å². The zero-order chi connectivity index (χ0) is 21.7. The van der Waals surface area contributed by atoms with Crippen LogP contribution in [0.3, 0.4) is 0 Å². The molecule has 0 radical (unpaired) electrons. The summed E-state index contributed by atoms with van der Waals surface area (Å²) >= 11 is 9.42. The molecule has 0 aliphatic heterocycles. The molecule has 2 bridgehead atoms. The molecular formula is C22H21ClN4O2S2. The maximum atomic E-state index is 12.5. The van der Waals surface area contributed by atoms with Crippen LogP contribution in [-0.4, -0.2) is 23.0 Å². The summed E-state index contributed by atoms with van der Waals surface area (Å²) in [6.45, 7) is 5.71. The molecule has 4 aliphatic carbocycles. The lowest BCUT2D eigenvalue weighted by atomic mass is 9.96. The number of anilines is 3. The van der Waals surface area contributed by atoms with Gasteiger partial charge in [-0.3, -0.25) is 4.79 Å². The highest BCUT2D eigenvalue weighted by Crippen LogP contribution is 2.85. The first-order valence-electron chi connectivity index (χ1n) is 10.2. The van der Waals surface area contributed by atoms with Gasteiger partial charge >= 0.3 is 0 Å². The minimum Gasteiger partial charge on any atom is -0.495 e. The van der Waals surface area contributed by atoms with E-state index < -0.39 is 5.41 Å². The van der Waals surface area contributed by atoms with E-state index in [1.165, 1.54) is 16.2 Å². The Morgan fingerprint density at radius 1 is 1.13 bits per heavy atom. The first-order chi connectivity index (χ1) is 14.8. The van der Waals surface area contributed by atoms with Gasteiger partial charge in [-0.25, -0.2) is 9.97 Å². The Labute approximate surface area is 193 Å². The fourth-order valence-corrected chi connectivity index (χ4v) is 6.92. The fourth-order valence-electron chi connectivity index (χ4n) is 4.47. The standard InChI is InChI=1S/C22H21ClN4O2S2/c1-22(2,3)19(28)27-21-25-15-13-11-12(13)14(11)17-16(18(15)31-21)26-20(30-17)24-9-7-8(23)5-6-10(9)29-4/h5-7,11-14H,1-4H3,(H,24,26)(H,25,27,28). The molecule has 0 spiro atoms. The third kappa shape index (κ3) is 2.99. The molecule has 2 heterocycles. The SMILES string of the molecule is COc1ccc(Cl)cc1Nc1nc2c(s1)C1C3C(c4nc(NC(=O)C(C)(C)C)sc4-2)C13. The summed E-state index contributed by atoms with van der Waals surface area (Å²) < 4.78 is 5.46. The second kappa shape index (κ2) is 6.43. The first-order valence-corrected chi connectivity index (χ1v) is 12.2. The Balaban J connectivity index is 1.36. The van der Waals surface area contributed by atoms with Crippen LogP contribution in [0.4, 0.5) is 16.0 Å². The molecule has 1 aromatic carbocycles. The molecule has 2 saturated carbocycles. The number of methoxy groups -OCH3 is 1. The van der Waals surface area contributed by atoms with Crippen molar-refractivity contribution < 1.29 is 9.53 Å². The van der Waals surface area contributed by atoms with Gasteiger partial charge in [0.15, 0.2) is 10.3 Å². The highest BCUT2D eigenvalue weighted by molar-refractivity contribution is 7.20. The number of benzene rings is 1. The molecular weight excluding hydrogens is 452 g/mol. The Hall–Kier alpha value is -2.16. The summed E-state index contributed by atoms with van der Waals surface area (Å²) in [6, 6.07) is 5.49. The number of amides is 1. The first kappa shape index (κ1) is 19.5. The smallest absolute Gasteiger partial charge is 0.231 e. The van der Waals surface area contributed by atoms with Crippen LogP contribution in [0.15, 0.2) is 18.2 Å². The number of thiazole rings is 2. The number of aromatic nitrogens is 2. The second-order valence-corrected chi connectivity index (χ2v) is 11.8. The molecule has 2 N–H and O–H groups in total. The van der Waals surface area contributed by atoms with Gasteiger partial charge in [0.2, 0.25) is 5.91 Å². The van der Waals surface area contributed by atoms with Crippen molar-refractivity contribution in [1.29, 1.82) is 0 Å². The Kier molecular flexibility index (Phi) is 4.05. The molecule has 2 atom stereocenters. The summed E-state index contributed by atoms with van der Waals surface area (Å²) in [4.78, 5) is 24.7. The number of carbonyl (C=O) groups is 1. The average molecular weight is 473 g/mol. The lowest BCUT2D eigenvalue weighted by molar-refractivity contribution is -0.123. The van der Waals surface area contributed by atoms with Crippen LogP contribution >= 0.6 is 34.3 Å². The minimum atomic E-state index is -0.464. The highest BCUT2D eigenvalue weighted by Gasteiger charge is 2.77. The van der Waals surface area contributed by atoms with E-state index in [0.717, 1.165) is 32.8 Å². The fraction of sp³-hybridized carbons (Fsp3) is 0.409. The van der Waals surface area contributed by atoms with E-state index in [9.17, 15) is 4.79 Å². The van der Waals surface area contributed by atoms with Gasteiger partial charge < -0.3 is 15.4 Å². The molecule has 4 aliphatic rings. The van der Waals surface area contributed by atoms with Crippen LogP contribution in [0.2, 0.25) is 5.02 Å². The van der Waals surface area contributed by atoms with Crippen LogP contribution in [-0.2, 0) is 4.79 Å². The minimum absolute atomic E-state index is 0.0239. The van der Waals surface area contributed by atoms with Crippen molar-refractivity contribution in [2.45, 2.75) is 32.6 Å². The van der Waals surface area contributed by atoms with Crippen LogP contribution in [0, 0.1) is 17.3 Å². The third-order valence-corrected chi connectivity index (χ3v) is 8.57. The molecule has 160 valence electrons. The van der Waals surface area contributed by atoms with Crippen LogP contribution < -0.4 is 15.4 Å². The Morgan fingerprint density at radius 3 is 2.61 bits per heavy atom. The summed E-state index contributed by atoms with van der Waals surface area (Å²) in [5.41, 5.74) is 2.45. The molecule has 31 heavy (non-hydrogen) atoms. The summed E-state index contributed by atoms with van der Waals surface area (Å²) in [5, 5.41) is 8.51. The third-order valence-electron chi connectivity index (χ3n) is 6.27. The van der Waals surface area contributed by atoms with E-state index in [1.54, 1.807) is 24.5 Å². The monoisotopic (exact) mass is 472 g/mol. The van der Waals surface area contributed by atoms with Gasteiger partial charge in [-0.2, -0.15) is 0 Å². The van der Waals surface area contributed by atoms with E-state index in [2.05, 4.69) is 10.6 Å². The molecule has 2 unspecified atom stereocenters. The molecule has 7 rings (SSSR count).